The molecule has 7 heteroatoms. The van der Waals surface area contributed by atoms with Crippen LogP contribution in [0.5, 0.6) is 5.75 Å². The monoisotopic (exact) mass is 512 g/mol. The third-order valence-corrected chi connectivity index (χ3v) is 4.92. The van der Waals surface area contributed by atoms with Crippen molar-refractivity contribution in [3.05, 3.63) is 65.5 Å². The summed E-state index contributed by atoms with van der Waals surface area (Å²) in [5.41, 5.74) is 2.13. The summed E-state index contributed by atoms with van der Waals surface area (Å²) in [5.74, 6) is 0.884. The smallest absolute Gasteiger partial charge is 0.191 e. The van der Waals surface area contributed by atoms with Crippen LogP contribution in [0.3, 0.4) is 0 Å². The van der Waals surface area contributed by atoms with E-state index in [0.717, 1.165) is 56.1 Å². The van der Waals surface area contributed by atoms with Gasteiger partial charge < -0.3 is 15.7 Å². The molecule has 2 aromatic carbocycles. The van der Waals surface area contributed by atoms with Gasteiger partial charge in [-0.05, 0) is 55.2 Å². The zero-order valence-electron chi connectivity index (χ0n) is 16.8. The van der Waals surface area contributed by atoms with E-state index in [1.54, 1.807) is 12.1 Å². The van der Waals surface area contributed by atoms with E-state index in [1.165, 1.54) is 12.1 Å². The first kappa shape index (κ1) is 23.4. The van der Waals surface area contributed by atoms with Crippen LogP contribution >= 0.6 is 24.0 Å². The lowest BCUT2D eigenvalue weighted by Gasteiger charge is -2.33. The van der Waals surface area contributed by atoms with Crippen LogP contribution in [0.15, 0.2) is 53.5 Å². The van der Waals surface area contributed by atoms with E-state index in [4.69, 9.17) is 0 Å². The van der Waals surface area contributed by atoms with Crippen LogP contribution in [0.25, 0.3) is 0 Å². The Bertz CT molecular complexity index is 777. The summed E-state index contributed by atoms with van der Waals surface area (Å²) in [7, 11) is 0. The van der Waals surface area contributed by atoms with E-state index in [9.17, 15) is 9.50 Å². The van der Waals surface area contributed by atoms with E-state index in [2.05, 4.69) is 27.4 Å². The number of aliphatic imine (C=N–C) groups is 1. The zero-order valence-corrected chi connectivity index (χ0v) is 19.1. The summed E-state index contributed by atoms with van der Waals surface area (Å²) >= 11 is 0. The largest absolute Gasteiger partial charge is 0.508 e. The molecular weight excluding hydrogens is 482 g/mol. The number of rotatable bonds is 6. The highest BCUT2D eigenvalue weighted by Gasteiger charge is 2.20. The maximum atomic E-state index is 13.0. The molecule has 3 N–H and O–H groups in total. The Kier molecular flexibility index (Phi) is 9.66. The van der Waals surface area contributed by atoms with Gasteiger partial charge >= 0.3 is 0 Å². The number of nitrogens with one attached hydrogen (secondary N) is 2. The summed E-state index contributed by atoms with van der Waals surface area (Å²) in [6.07, 6.45) is 2.08. The third kappa shape index (κ3) is 7.81. The van der Waals surface area contributed by atoms with Crippen LogP contribution in [-0.2, 0) is 13.1 Å². The molecule has 0 aliphatic carbocycles. The minimum absolute atomic E-state index is 0. The molecule has 0 spiro atoms. The molecule has 0 bridgehead atoms. The van der Waals surface area contributed by atoms with Crippen LogP contribution < -0.4 is 10.6 Å². The number of piperidine rings is 1. The molecule has 1 fully saturated rings. The van der Waals surface area contributed by atoms with E-state index in [-0.39, 0.29) is 35.5 Å². The van der Waals surface area contributed by atoms with Gasteiger partial charge in [-0.25, -0.2) is 9.38 Å². The summed E-state index contributed by atoms with van der Waals surface area (Å²) < 4.78 is 13.0. The van der Waals surface area contributed by atoms with Crippen LogP contribution in [0.1, 0.15) is 30.9 Å². The lowest BCUT2D eigenvalue weighted by Crippen LogP contribution is -2.48. The molecule has 0 amide bonds. The van der Waals surface area contributed by atoms with Crippen LogP contribution in [0.4, 0.5) is 4.39 Å². The number of aromatic hydroxyl groups is 1. The maximum absolute atomic E-state index is 13.0. The fourth-order valence-corrected chi connectivity index (χ4v) is 3.42. The molecule has 0 atom stereocenters. The lowest BCUT2D eigenvalue weighted by molar-refractivity contribution is 0.198. The minimum Gasteiger partial charge on any atom is -0.508 e. The molecule has 0 unspecified atom stereocenters. The average molecular weight is 512 g/mol. The average Bonchev–Trinajstić information content (AvgIpc) is 2.70. The molecule has 1 heterocycles. The summed E-state index contributed by atoms with van der Waals surface area (Å²) in [6, 6.07) is 14.3. The Labute approximate surface area is 189 Å². The Morgan fingerprint density at radius 2 is 1.86 bits per heavy atom. The molecule has 0 saturated carbocycles. The van der Waals surface area contributed by atoms with Gasteiger partial charge in [-0.1, -0.05) is 24.3 Å². The highest BCUT2D eigenvalue weighted by molar-refractivity contribution is 14.0. The van der Waals surface area contributed by atoms with E-state index >= 15 is 0 Å². The van der Waals surface area contributed by atoms with Gasteiger partial charge in [0.05, 0.1) is 6.54 Å². The number of hydrogen-bond donors (Lipinski definition) is 3. The van der Waals surface area contributed by atoms with Gasteiger partial charge in [0.15, 0.2) is 5.96 Å². The molecule has 158 valence electrons. The normalized spacial score (nSPS) is 15.6. The molecule has 2 aromatic rings. The molecule has 1 aliphatic rings. The first-order chi connectivity index (χ1) is 13.6. The lowest BCUT2D eigenvalue weighted by atomic mass is 10.0. The number of guanidine groups is 1. The van der Waals surface area contributed by atoms with Crippen molar-refractivity contribution in [2.24, 2.45) is 4.99 Å². The van der Waals surface area contributed by atoms with Gasteiger partial charge in [-0.15, -0.1) is 24.0 Å². The van der Waals surface area contributed by atoms with Gasteiger partial charge in [0, 0.05) is 32.2 Å². The van der Waals surface area contributed by atoms with Crippen LogP contribution in [0, 0.1) is 5.82 Å². The Balaban J connectivity index is 0.00000300. The molecule has 29 heavy (non-hydrogen) atoms. The van der Waals surface area contributed by atoms with Crippen molar-refractivity contribution in [3.63, 3.8) is 0 Å². The number of benzene rings is 2. The van der Waals surface area contributed by atoms with Gasteiger partial charge in [0.2, 0.25) is 0 Å². The van der Waals surface area contributed by atoms with Gasteiger partial charge in [0.25, 0.3) is 0 Å². The molecule has 3 rings (SSSR count). The first-order valence-corrected chi connectivity index (χ1v) is 9.92. The van der Waals surface area contributed by atoms with Gasteiger partial charge in [0.1, 0.15) is 11.6 Å². The number of hydrogen-bond acceptors (Lipinski definition) is 3. The van der Waals surface area contributed by atoms with Gasteiger partial charge in [-0.2, -0.15) is 0 Å². The van der Waals surface area contributed by atoms with Crippen LogP contribution in [-0.4, -0.2) is 41.6 Å². The molecule has 1 aliphatic heterocycles. The Hall–Kier alpha value is -1.87. The molecule has 0 radical (unpaired) electrons. The predicted molar refractivity (Wildman–Crippen MR) is 126 cm³/mol. The summed E-state index contributed by atoms with van der Waals surface area (Å²) in [6.45, 7) is 6.24. The van der Waals surface area contributed by atoms with E-state index in [0.29, 0.717) is 12.6 Å². The quantitative estimate of drug-likeness (QED) is 0.313. The number of halogens is 2. The predicted octanol–water partition coefficient (Wildman–Crippen LogP) is 3.87. The third-order valence-electron chi connectivity index (χ3n) is 4.92. The fourth-order valence-electron chi connectivity index (χ4n) is 3.42. The number of likely N-dealkylation sites (tertiary alicyclic amines) is 1. The molecular formula is C22H30FIN4O. The SMILES string of the molecule is CCNC(=NCc1cccc(O)c1)NC1CCN(Cc2ccc(F)cc2)CC1.I. The second-order valence-corrected chi connectivity index (χ2v) is 7.19. The van der Waals surface area contributed by atoms with Crippen molar-refractivity contribution in [3.8, 4) is 5.75 Å². The second kappa shape index (κ2) is 12.0. The fraction of sp³-hybridized carbons (Fsp3) is 0.409. The van der Waals surface area contributed by atoms with Crippen molar-refractivity contribution in [2.45, 2.75) is 38.9 Å². The van der Waals surface area contributed by atoms with Crippen molar-refractivity contribution in [1.29, 1.82) is 0 Å². The molecule has 0 aromatic heterocycles. The van der Waals surface area contributed by atoms with Crippen molar-refractivity contribution >= 4 is 29.9 Å². The first-order valence-electron chi connectivity index (χ1n) is 9.92. The molecule has 5 nitrogen and oxygen atoms in total. The highest BCUT2D eigenvalue weighted by atomic mass is 127. The van der Waals surface area contributed by atoms with Crippen molar-refractivity contribution in [1.82, 2.24) is 15.5 Å². The van der Waals surface area contributed by atoms with Gasteiger partial charge in [-0.3, -0.25) is 4.90 Å². The van der Waals surface area contributed by atoms with Crippen molar-refractivity contribution in [2.75, 3.05) is 19.6 Å². The Morgan fingerprint density at radius 3 is 2.52 bits per heavy atom. The topological polar surface area (TPSA) is 59.9 Å². The second-order valence-electron chi connectivity index (χ2n) is 7.19. The standard InChI is InChI=1S/C22H29FN4O.HI/c1-2-24-22(25-15-18-4-3-5-21(28)14-18)26-20-10-12-27(13-11-20)16-17-6-8-19(23)9-7-17;/h3-9,14,20,28H,2,10-13,15-16H2,1H3,(H2,24,25,26);1H. The number of nitrogens with zero attached hydrogens (tertiary/aromatic N) is 2. The maximum Gasteiger partial charge on any atom is 0.191 e. The minimum atomic E-state index is -0.187. The Morgan fingerprint density at radius 1 is 1.14 bits per heavy atom. The number of phenolic OH excluding ortho intramolecular Hbond substituents is 1. The summed E-state index contributed by atoms with van der Waals surface area (Å²) in [4.78, 5) is 7.05. The summed E-state index contributed by atoms with van der Waals surface area (Å²) in [5, 5.41) is 16.4. The van der Waals surface area contributed by atoms with Crippen LogP contribution in [0.2, 0.25) is 0 Å². The zero-order chi connectivity index (χ0) is 19.8. The van der Waals surface area contributed by atoms with Crippen molar-refractivity contribution < 1.29 is 9.50 Å². The molecule has 1 saturated heterocycles. The highest BCUT2D eigenvalue weighted by Crippen LogP contribution is 2.15. The number of phenols is 1. The van der Waals surface area contributed by atoms with E-state index < -0.39 is 0 Å². The van der Waals surface area contributed by atoms with E-state index in [1.807, 2.05) is 24.3 Å².